The molecule has 0 bridgehead atoms. The molecule has 1 rings (SSSR count). The highest BCUT2D eigenvalue weighted by Crippen LogP contribution is 2.46. The molecule has 0 aromatic carbocycles. The quantitative estimate of drug-likeness (QED) is 0.488. The zero-order valence-electron chi connectivity index (χ0n) is 6.22. The molecule has 54 valence electrons. The number of aliphatic hydroxyl groups is 1. The van der Waals surface area contributed by atoms with E-state index in [0.717, 1.165) is 4.87 Å². The third kappa shape index (κ3) is 1.72. The Bertz CT molecular complexity index is 110. The van der Waals surface area contributed by atoms with Crippen molar-refractivity contribution in [2.24, 2.45) is 0 Å². The molecule has 1 saturated heterocycles. The van der Waals surface area contributed by atoms with E-state index in [9.17, 15) is 0 Å². The van der Waals surface area contributed by atoms with Crippen LogP contribution in [0.3, 0.4) is 0 Å². The van der Waals surface area contributed by atoms with Gasteiger partial charge >= 0.3 is 0 Å². The summed E-state index contributed by atoms with van der Waals surface area (Å²) in [5.74, 6) is 0. The van der Waals surface area contributed by atoms with Crippen LogP contribution in [0.15, 0.2) is 0 Å². The van der Waals surface area contributed by atoms with Crippen molar-refractivity contribution in [3.8, 4) is 0 Å². The van der Waals surface area contributed by atoms with E-state index < -0.39 is 8.07 Å². The predicted octanol–water partition coefficient (Wildman–Crippen LogP) is 1.34. The van der Waals surface area contributed by atoms with Gasteiger partial charge in [-0.2, -0.15) is 11.8 Å². The number of hydrogen-bond acceptors (Lipinski definition) is 2. The molecule has 1 aliphatic heterocycles. The van der Waals surface area contributed by atoms with Crippen LogP contribution in [0.25, 0.3) is 0 Å². The summed E-state index contributed by atoms with van der Waals surface area (Å²) >= 11 is 1.96. The van der Waals surface area contributed by atoms with Gasteiger partial charge in [-0.15, -0.1) is 0 Å². The number of aliphatic hydroxyl groups excluding tert-OH is 1. The van der Waals surface area contributed by atoms with E-state index in [1.165, 1.54) is 0 Å². The van der Waals surface area contributed by atoms with Crippen molar-refractivity contribution in [1.29, 1.82) is 0 Å². The Morgan fingerprint density at radius 3 is 2.11 bits per heavy atom. The lowest BCUT2D eigenvalue weighted by Gasteiger charge is -2.12. The average Bonchev–Trinajstić information content (AvgIpc) is 2.39. The molecule has 0 spiro atoms. The Kier molecular flexibility index (Phi) is 1.94. The van der Waals surface area contributed by atoms with Gasteiger partial charge in [0.25, 0.3) is 0 Å². The number of hydrogen-bond donors (Lipinski definition) is 1. The molecule has 2 atom stereocenters. The number of rotatable bonds is 2. The first kappa shape index (κ1) is 7.63. The molecule has 1 nitrogen and oxygen atoms in total. The van der Waals surface area contributed by atoms with Gasteiger partial charge in [-0.1, -0.05) is 19.6 Å². The molecule has 9 heavy (non-hydrogen) atoms. The second-order valence-electron chi connectivity index (χ2n) is 3.64. The second-order valence-corrected chi connectivity index (χ2v) is 10.8. The van der Waals surface area contributed by atoms with Crippen LogP contribution < -0.4 is 0 Å². The molecular formula is C6H14OSSi. The minimum Gasteiger partial charge on any atom is -0.395 e. The van der Waals surface area contributed by atoms with Crippen LogP contribution >= 0.6 is 11.8 Å². The average molecular weight is 162 g/mol. The summed E-state index contributed by atoms with van der Waals surface area (Å²) in [5, 5.41) is 9.34. The van der Waals surface area contributed by atoms with Crippen LogP contribution in [0.5, 0.6) is 0 Å². The van der Waals surface area contributed by atoms with E-state index >= 15 is 0 Å². The molecule has 0 amide bonds. The molecule has 0 aromatic rings. The lowest BCUT2D eigenvalue weighted by molar-refractivity contribution is 0.306. The lowest BCUT2D eigenvalue weighted by atomic mass is 10.5. The first-order chi connectivity index (χ1) is 4.05. The summed E-state index contributed by atoms with van der Waals surface area (Å²) in [4.78, 5) is 0.836. The molecule has 3 heteroatoms. The maximum absolute atomic E-state index is 8.74. The van der Waals surface area contributed by atoms with Crippen molar-refractivity contribution < 1.29 is 5.11 Å². The SMILES string of the molecule is C[Si](C)(C)[C@H]1S[C@@H]1CO. The Morgan fingerprint density at radius 2 is 2.00 bits per heavy atom. The van der Waals surface area contributed by atoms with Crippen molar-refractivity contribution in [3.05, 3.63) is 0 Å². The predicted molar refractivity (Wildman–Crippen MR) is 45.6 cm³/mol. The van der Waals surface area contributed by atoms with E-state index in [1.54, 1.807) is 0 Å². The topological polar surface area (TPSA) is 20.2 Å². The highest BCUT2D eigenvalue weighted by atomic mass is 32.2. The Balaban J connectivity index is 2.33. The summed E-state index contributed by atoms with van der Waals surface area (Å²) in [6, 6.07) is 0. The van der Waals surface area contributed by atoms with Crippen molar-refractivity contribution in [2.45, 2.75) is 29.8 Å². The van der Waals surface area contributed by atoms with Gasteiger partial charge in [0.05, 0.1) is 14.7 Å². The van der Waals surface area contributed by atoms with E-state index in [-0.39, 0.29) is 0 Å². The molecule has 0 aromatic heterocycles. The van der Waals surface area contributed by atoms with Crippen LogP contribution in [-0.4, -0.2) is 29.9 Å². The van der Waals surface area contributed by atoms with Gasteiger partial charge in [-0.3, -0.25) is 0 Å². The van der Waals surface area contributed by atoms with Gasteiger partial charge < -0.3 is 5.11 Å². The Labute approximate surface area is 61.9 Å². The molecular weight excluding hydrogens is 148 g/mol. The minimum atomic E-state index is -0.905. The van der Waals surface area contributed by atoms with Crippen molar-refractivity contribution in [2.75, 3.05) is 6.61 Å². The molecule has 1 aliphatic rings. The van der Waals surface area contributed by atoms with Crippen LogP contribution in [0.1, 0.15) is 0 Å². The zero-order valence-corrected chi connectivity index (χ0v) is 8.03. The van der Waals surface area contributed by atoms with Crippen molar-refractivity contribution >= 4 is 19.8 Å². The molecule has 0 radical (unpaired) electrons. The summed E-state index contributed by atoms with van der Waals surface area (Å²) in [6.45, 7) is 7.47. The number of thioether (sulfide) groups is 1. The molecule has 1 fully saturated rings. The van der Waals surface area contributed by atoms with Crippen molar-refractivity contribution in [1.82, 2.24) is 0 Å². The highest BCUT2D eigenvalue weighted by molar-refractivity contribution is 8.09. The fourth-order valence-corrected chi connectivity index (χ4v) is 6.10. The van der Waals surface area contributed by atoms with Crippen LogP contribution in [0.2, 0.25) is 19.6 Å². The van der Waals surface area contributed by atoms with Gasteiger partial charge in [0.1, 0.15) is 0 Å². The van der Waals surface area contributed by atoms with Crippen LogP contribution in [0.4, 0.5) is 0 Å². The maximum Gasteiger partial charge on any atom is 0.0602 e. The summed E-state index contributed by atoms with van der Waals surface area (Å²) < 4.78 is 0. The molecule has 0 unspecified atom stereocenters. The van der Waals surface area contributed by atoms with Gasteiger partial charge in [0.2, 0.25) is 0 Å². The molecule has 0 saturated carbocycles. The fraction of sp³-hybridized carbons (Fsp3) is 1.00. The highest BCUT2D eigenvalue weighted by Gasteiger charge is 2.46. The van der Waals surface area contributed by atoms with E-state index in [2.05, 4.69) is 19.6 Å². The van der Waals surface area contributed by atoms with E-state index in [4.69, 9.17) is 5.11 Å². The minimum absolute atomic E-state index is 0.388. The zero-order chi connectivity index (χ0) is 7.07. The molecule has 1 heterocycles. The normalized spacial score (nSPS) is 34.7. The van der Waals surface area contributed by atoms with Gasteiger partial charge in [-0.05, 0) is 0 Å². The smallest absolute Gasteiger partial charge is 0.0602 e. The molecule has 1 N–H and O–H groups in total. The largest absolute Gasteiger partial charge is 0.395 e. The maximum atomic E-state index is 8.74. The van der Waals surface area contributed by atoms with Crippen molar-refractivity contribution in [3.63, 3.8) is 0 Å². The lowest BCUT2D eigenvalue weighted by Crippen LogP contribution is -2.30. The van der Waals surface area contributed by atoms with E-state index in [0.29, 0.717) is 11.9 Å². The van der Waals surface area contributed by atoms with Crippen LogP contribution in [0, 0.1) is 0 Å². The summed E-state index contributed by atoms with van der Waals surface area (Å²) in [6.07, 6.45) is 0. The summed E-state index contributed by atoms with van der Waals surface area (Å²) in [7, 11) is -0.905. The monoisotopic (exact) mass is 162 g/mol. The third-order valence-electron chi connectivity index (χ3n) is 1.62. The first-order valence-electron chi connectivity index (χ1n) is 3.32. The summed E-state index contributed by atoms with van der Waals surface area (Å²) in [5.41, 5.74) is 0. The fourth-order valence-electron chi connectivity index (χ4n) is 1.04. The van der Waals surface area contributed by atoms with Gasteiger partial charge in [-0.25, -0.2) is 0 Å². The molecule has 0 aliphatic carbocycles. The van der Waals surface area contributed by atoms with E-state index in [1.807, 2.05) is 11.8 Å². The Morgan fingerprint density at radius 1 is 1.44 bits per heavy atom. The van der Waals surface area contributed by atoms with Gasteiger partial charge in [0.15, 0.2) is 0 Å². The van der Waals surface area contributed by atoms with Crippen LogP contribution in [-0.2, 0) is 0 Å². The third-order valence-corrected chi connectivity index (χ3v) is 7.57. The second kappa shape index (κ2) is 2.29. The Hall–Kier alpha value is 0.527. The first-order valence-corrected chi connectivity index (χ1v) is 7.84. The van der Waals surface area contributed by atoms with Gasteiger partial charge in [0, 0.05) is 10.1 Å². The standard InChI is InChI=1S/C6H14OSSi/c1-9(2,3)6-5(4-7)8-6/h5-7H,4H2,1-3H3/t5-,6-/m1/s1.